The number of anilines is 1. The van der Waals surface area contributed by atoms with Crippen molar-refractivity contribution in [2.75, 3.05) is 37.9 Å². The molecule has 10 heteroatoms. The van der Waals surface area contributed by atoms with E-state index in [1.54, 1.807) is 12.1 Å². The van der Waals surface area contributed by atoms with Gasteiger partial charge in [0, 0.05) is 19.2 Å². The lowest BCUT2D eigenvalue weighted by molar-refractivity contribution is -0.140. The van der Waals surface area contributed by atoms with E-state index in [-0.39, 0.29) is 29.8 Å². The largest absolute Gasteiger partial charge is 0.497 e. The zero-order chi connectivity index (χ0) is 27.8. The fourth-order valence-corrected chi connectivity index (χ4v) is 4.66. The Labute approximate surface area is 220 Å². The second kappa shape index (κ2) is 13.3. The van der Waals surface area contributed by atoms with E-state index < -0.39 is 28.5 Å². The first-order valence-electron chi connectivity index (χ1n) is 12.2. The molecule has 0 saturated carbocycles. The standard InChI is InChI=1S/C27H39N3O6S/c1-8-23(27(32)28-16-19(2)3)29(17-21-11-9-20(4)10-12-21)26(31)18-30(37(7,33)34)24-15-22(35-5)13-14-25(24)36-6/h9-15,19,23H,8,16-18H2,1-7H3,(H,28,32)/t23-/m0/s1. The van der Waals surface area contributed by atoms with E-state index in [1.807, 2.05) is 52.0 Å². The minimum Gasteiger partial charge on any atom is -0.497 e. The monoisotopic (exact) mass is 533 g/mol. The van der Waals surface area contributed by atoms with Crippen molar-refractivity contribution in [3.8, 4) is 11.5 Å². The van der Waals surface area contributed by atoms with E-state index in [0.29, 0.717) is 18.7 Å². The van der Waals surface area contributed by atoms with E-state index >= 15 is 0 Å². The summed E-state index contributed by atoms with van der Waals surface area (Å²) in [4.78, 5) is 28.4. The lowest BCUT2D eigenvalue weighted by Crippen LogP contribution is -2.52. The number of ether oxygens (including phenoxy) is 2. The minimum absolute atomic E-state index is 0.152. The zero-order valence-electron chi connectivity index (χ0n) is 22.8. The molecule has 0 aliphatic heterocycles. The van der Waals surface area contributed by atoms with E-state index in [1.165, 1.54) is 25.2 Å². The fourth-order valence-electron chi connectivity index (χ4n) is 3.82. The molecule has 1 atom stereocenters. The second-order valence-corrected chi connectivity index (χ2v) is 11.3. The molecular formula is C27H39N3O6S. The van der Waals surface area contributed by atoms with Crippen molar-refractivity contribution >= 4 is 27.5 Å². The number of benzene rings is 2. The Morgan fingerprint density at radius 3 is 2.19 bits per heavy atom. The van der Waals surface area contributed by atoms with Crippen LogP contribution in [-0.2, 0) is 26.2 Å². The van der Waals surface area contributed by atoms with Gasteiger partial charge in [-0.3, -0.25) is 13.9 Å². The van der Waals surface area contributed by atoms with Crippen molar-refractivity contribution in [1.29, 1.82) is 0 Å². The van der Waals surface area contributed by atoms with Crippen LogP contribution in [-0.4, -0.2) is 64.7 Å². The Morgan fingerprint density at radius 1 is 1.03 bits per heavy atom. The summed E-state index contributed by atoms with van der Waals surface area (Å²) in [6.07, 6.45) is 1.39. The van der Waals surface area contributed by atoms with Crippen LogP contribution in [0.15, 0.2) is 42.5 Å². The molecule has 0 radical (unpaired) electrons. The van der Waals surface area contributed by atoms with Crippen molar-refractivity contribution in [2.24, 2.45) is 5.92 Å². The third kappa shape index (κ3) is 8.38. The van der Waals surface area contributed by atoms with Gasteiger partial charge in [-0.1, -0.05) is 50.6 Å². The summed E-state index contributed by atoms with van der Waals surface area (Å²) in [5, 5.41) is 2.91. The van der Waals surface area contributed by atoms with Crippen molar-refractivity contribution in [2.45, 2.75) is 46.7 Å². The predicted octanol–water partition coefficient (Wildman–Crippen LogP) is 3.36. The van der Waals surface area contributed by atoms with Gasteiger partial charge in [0.25, 0.3) is 0 Å². The van der Waals surface area contributed by atoms with Gasteiger partial charge in [-0.15, -0.1) is 0 Å². The molecule has 0 saturated heterocycles. The minimum atomic E-state index is -3.91. The molecule has 0 spiro atoms. The topological polar surface area (TPSA) is 105 Å². The summed E-state index contributed by atoms with van der Waals surface area (Å²) in [6, 6.07) is 11.6. The fraction of sp³-hybridized carbons (Fsp3) is 0.481. The Hall–Kier alpha value is -3.27. The molecule has 2 aromatic carbocycles. The number of hydrogen-bond acceptors (Lipinski definition) is 6. The number of carbonyl (C=O) groups is 2. The lowest BCUT2D eigenvalue weighted by atomic mass is 10.1. The Bertz CT molecular complexity index is 1170. The molecule has 1 N–H and O–H groups in total. The van der Waals surface area contributed by atoms with Crippen molar-refractivity contribution < 1.29 is 27.5 Å². The molecular weight excluding hydrogens is 494 g/mol. The number of rotatable bonds is 13. The maximum absolute atomic E-state index is 13.8. The van der Waals surface area contributed by atoms with E-state index in [9.17, 15) is 18.0 Å². The van der Waals surface area contributed by atoms with Gasteiger partial charge in [0.15, 0.2) is 0 Å². The highest BCUT2D eigenvalue weighted by Gasteiger charge is 2.32. The Morgan fingerprint density at radius 2 is 1.68 bits per heavy atom. The molecule has 0 bridgehead atoms. The molecule has 0 aromatic heterocycles. The predicted molar refractivity (Wildman–Crippen MR) is 145 cm³/mol. The average molecular weight is 534 g/mol. The third-order valence-electron chi connectivity index (χ3n) is 5.88. The first-order chi connectivity index (χ1) is 17.4. The number of nitrogens with zero attached hydrogens (tertiary/aromatic N) is 2. The van der Waals surface area contributed by atoms with Gasteiger partial charge < -0.3 is 19.7 Å². The number of aryl methyl sites for hydroxylation is 1. The van der Waals surface area contributed by atoms with Crippen LogP contribution in [0.3, 0.4) is 0 Å². The molecule has 9 nitrogen and oxygen atoms in total. The van der Waals surface area contributed by atoms with Gasteiger partial charge in [0.2, 0.25) is 21.8 Å². The van der Waals surface area contributed by atoms with Crippen LogP contribution in [0.4, 0.5) is 5.69 Å². The smallest absolute Gasteiger partial charge is 0.244 e. The van der Waals surface area contributed by atoms with Gasteiger partial charge in [0.05, 0.1) is 26.2 Å². The van der Waals surface area contributed by atoms with Gasteiger partial charge in [0.1, 0.15) is 24.1 Å². The maximum atomic E-state index is 13.8. The van der Waals surface area contributed by atoms with Crippen LogP contribution in [0.25, 0.3) is 0 Å². The van der Waals surface area contributed by atoms with Crippen LogP contribution in [0.2, 0.25) is 0 Å². The molecule has 0 fully saturated rings. The molecule has 0 aliphatic rings. The second-order valence-electron chi connectivity index (χ2n) is 9.38. The highest BCUT2D eigenvalue weighted by atomic mass is 32.2. The molecule has 204 valence electrons. The zero-order valence-corrected chi connectivity index (χ0v) is 23.6. The molecule has 2 aromatic rings. The van der Waals surface area contributed by atoms with Gasteiger partial charge in [-0.2, -0.15) is 0 Å². The maximum Gasteiger partial charge on any atom is 0.244 e. The summed E-state index contributed by atoms with van der Waals surface area (Å²) in [5.41, 5.74) is 2.07. The number of amides is 2. The average Bonchev–Trinajstić information content (AvgIpc) is 2.85. The van der Waals surface area contributed by atoms with Crippen molar-refractivity contribution in [1.82, 2.24) is 10.2 Å². The van der Waals surface area contributed by atoms with Crippen molar-refractivity contribution in [3.63, 3.8) is 0 Å². The summed E-state index contributed by atoms with van der Waals surface area (Å²) >= 11 is 0. The van der Waals surface area contributed by atoms with Crippen LogP contribution < -0.4 is 19.1 Å². The first kappa shape index (κ1) is 30.0. The quantitative estimate of drug-likeness (QED) is 0.423. The molecule has 0 heterocycles. The van der Waals surface area contributed by atoms with Crippen molar-refractivity contribution in [3.05, 3.63) is 53.6 Å². The number of carbonyl (C=O) groups excluding carboxylic acids is 2. The normalized spacial score (nSPS) is 12.1. The van der Waals surface area contributed by atoms with E-state index in [0.717, 1.165) is 21.7 Å². The van der Waals surface area contributed by atoms with E-state index in [2.05, 4.69) is 5.32 Å². The highest BCUT2D eigenvalue weighted by molar-refractivity contribution is 7.92. The number of nitrogens with one attached hydrogen (secondary N) is 1. The number of sulfonamides is 1. The molecule has 0 unspecified atom stereocenters. The summed E-state index contributed by atoms with van der Waals surface area (Å²) in [7, 11) is -1.02. The molecule has 2 amide bonds. The van der Waals surface area contributed by atoms with Crippen LogP contribution in [0.1, 0.15) is 38.3 Å². The Balaban J connectivity index is 2.50. The number of hydrogen-bond donors (Lipinski definition) is 1. The number of methoxy groups -OCH3 is 2. The lowest BCUT2D eigenvalue weighted by Gasteiger charge is -2.33. The highest BCUT2D eigenvalue weighted by Crippen LogP contribution is 2.34. The van der Waals surface area contributed by atoms with Gasteiger partial charge in [-0.05, 0) is 37.0 Å². The first-order valence-corrected chi connectivity index (χ1v) is 14.1. The third-order valence-corrected chi connectivity index (χ3v) is 7.00. The Kier molecular flexibility index (Phi) is 10.8. The van der Waals surface area contributed by atoms with Gasteiger partial charge in [-0.25, -0.2) is 8.42 Å². The molecule has 0 aliphatic carbocycles. The van der Waals surface area contributed by atoms with Gasteiger partial charge >= 0.3 is 0 Å². The molecule has 2 rings (SSSR count). The summed E-state index contributed by atoms with van der Waals surface area (Å²) in [5.74, 6) is 0.131. The summed E-state index contributed by atoms with van der Waals surface area (Å²) in [6.45, 7) is 7.88. The molecule has 37 heavy (non-hydrogen) atoms. The van der Waals surface area contributed by atoms with Crippen LogP contribution >= 0.6 is 0 Å². The summed E-state index contributed by atoms with van der Waals surface area (Å²) < 4.78 is 37.4. The van der Waals surface area contributed by atoms with E-state index in [4.69, 9.17) is 9.47 Å². The van der Waals surface area contributed by atoms with Crippen LogP contribution in [0, 0.1) is 12.8 Å². The SMILES string of the molecule is CC[C@@H](C(=O)NCC(C)C)N(Cc1ccc(C)cc1)C(=O)CN(c1cc(OC)ccc1OC)S(C)(=O)=O. The van der Waals surface area contributed by atoms with Crippen LogP contribution in [0.5, 0.6) is 11.5 Å².